The second-order valence-corrected chi connectivity index (χ2v) is 6.19. The number of benzene rings is 1. The Morgan fingerprint density at radius 2 is 1.96 bits per heavy atom. The Hall–Kier alpha value is -2.73. The molecule has 1 N–H and O–H groups in total. The second kappa shape index (κ2) is 7.90. The van der Waals surface area contributed by atoms with E-state index < -0.39 is 0 Å². The number of hydrogen-bond acceptors (Lipinski definition) is 6. The van der Waals surface area contributed by atoms with Gasteiger partial charge < -0.3 is 10.2 Å². The maximum absolute atomic E-state index is 6.06. The highest BCUT2D eigenvalue weighted by atomic mass is 35.5. The molecule has 0 aliphatic rings. The molecule has 0 aliphatic heterocycles. The highest BCUT2D eigenvalue weighted by molar-refractivity contribution is 6.30. The average Bonchev–Trinajstić information content (AvgIpc) is 2.64. The number of hydrogen-bond donors (Lipinski definition) is 1. The lowest BCUT2D eigenvalue weighted by Crippen LogP contribution is -2.22. The van der Waals surface area contributed by atoms with Gasteiger partial charge in [0.2, 0.25) is 5.95 Å². The molecule has 3 rings (SSSR count). The Labute approximate surface area is 151 Å². The van der Waals surface area contributed by atoms with Gasteiger partial charge in [0, 0.05) is 36.7 Å². The summed E-state index contributed by atoms with van der Waals surface area (Å²) in [5.41, 5.74) is 3.16. The predicted molar refractivity (Wildman–Crippen MR) is 101 cm³/mol. The fourth-order valence-corrected chi connectivity index (χ4v) is 2.51. The minimum Gasteiger partial charge on any atom is -0.358 e. The van der Waals surface area contributed by atoms with E-state index in [2.05, 4.69) is 25.5 Å². The monoisotopic (exact) mass is 354 g/mol. The van der Waals surface area contributed by atoms with Crippen molar-refractivity contribution in [3.8, 4) is 0 Å². The number of likely N-dealkylation sites (N-methyl/N-ethyl adjacent to an activating group) is 1. The zero-order valence-electron chi connectivity index (χ0n) is 14.1. The summed E-state index contributed by atoms with van der Waals surface area (Å²) in [7, 11) is 1.99. The highest BCUT2D eigenvalue weighted by Gasteiger charge is 2.08. The molecular weight excluding hydrogens is 336 g/mol. The zero-order valence-corrected chi connectivity index (χ0v) is 14.9. The van der Waals surface area contributed by atoms with Crippen molar-refractivity contribution in [3.05, 3.63) is 65.1 Å². The van der Waals surface area contributed by atoms with E-state index in [1.54, 1.807) is 18.6 Å². The number of nitrogens with zero attached hydrogens (tertiary/aromatic N) is 5. The molecule has 2 heterocycles. The number of rotatable bonds is 6. The number of pyridine rings is 1. The van der Waals surface area contributed by atoms with Gasteiger partial charge in [-0.1, -0.05) is 17.7 Å². The predicted octanol–water partition coefficient (Wildman–Crippen LogP) is 3.65. The number of aromatic nitrogens is 4. The minimum atomic E-state index is 0.443. The quantitative estimate of drug-likeness (QED) is 0.728. The van der Waals surface area contributed by atoms with E-state index in [1.165, 1.54) is 5.56 Å². The molecule has 0 saturated heterocycles. The lowest BCUT2D eigenvalue weighted by molar-refractivity contribution is 0.840. The number of nitrogens with one attached hydrogen (secondary N) is 1. The molecule has 2 aromatic heterocycles. The van der Waals surface area contributed by atoms with Crippen molar-refractivity contribution in [1.82, 2.24) is 20.2 Å². The summed E-state index contributed by atoms with van der Waals surface area (Å²) in [6, 6.07) is 9.68. The van der Waals surface area contributed by atoms with Gasteiger partial charge in [-0.2, -0.15) is 10.1 Å². The van der Waals surface area contributed by atoms with Gasteiger partial charge in [-0.05, 0) is 48.7 Å². The summed E-state index contributed by atoms with van der Waals surface area (Å²) >= 11 is 6.06. The van der Waals surface area contributed by atoms with Crippen LogP contribution in [0.3, 0.4) is 0 Å². The van der Waals surface area contributed by atoms with Gasteiger partial charge in [0.25, 0.3) is 0 Å². The molecule has 1 aromatic carbocycles. The summed E-state index contributed by atoms with van der Waals surface area (Å²) in [5.74, 6) is 1.20. The fraction of sp³-hybridized carbons (Fsp3) is 0.222. The summed E-state index contributed by atoms with van der Waals surface area (Å²) in [6.45, 7) is 2.81. The SMILES string of the molecule is Cc1ccc(Cl)cc1Nc1nncc(N(C)CCc2ccncc2)n1. The average molecular weight is 355 g/mol. The number of halogens is 1. The van der Waals surface area contributed by atoms with Gasteiger partial charge in [-0.25, -0.2) is 0 Å². The zero-order chi connectivity index (χ0) is 17.6. The van der Waals surface area contributed by atoms with Crippen LogP contribution in [0.2, 0.25) is 5.02 Å². The van der Waals surface area contributed by atoms with Gasteiger partial charge in [-0.15, -0.1) is 5.10 Å². The Balaban J connectivity index is 1.69. The van der Waals surface area contributed by atoms with E-state index in [-0.39, 0.29) is 0 Å². The Bertz CT molecular complexity index is 840. The molecule has 0 saturated carbocycles. The van der Waals surface area contributed by atoms with Crippen LogP contribution in [-0.2, 0) is 6.42 Å². The van der Waals surface area contributed by atoms with Crippen molar-refractivity contribution in [3.63, 3.8) is 0 Å². The van der Waals surface area contributed by atoms with Crippen molar-refractivity contribution >= 4 is 29.1 Å². The van der Waals surface area contributed by atoms with E-state index in [9.17, 15) is 0 Å². The number of aryl methyl sites for hydroxylation is 1. The molecule has 0 spiro atoms. The van der Waals surface area contributed by atoms with E-state index in [4.69, 9.17) is 11.6 Å². The van der Waals surface area contributed by atoms with Crippen LogP contribution in [0.5, 0.6) is 0 Å². The van der Waals surface area contributed by atoms with Crippen LogP contribution in [0.4, 0.5) is 17.5 Å². The first-order valence-corrected chi connectivity index (χ1v) is 8.32. The van der Waals surface area contributed by atoms with Crippen molar-refractivity contribution in [1.29, 1.82) is 0 Å². The summed E-state index contributed by atoms with van der Waals surface area (Å²) in [4.78, 5) is 10.6. The molecular formula is C18H19ClN6. The minimum absolute atomic E-state index is 0.443. The van der Waals surface area contributed by atoms with Gasteiger partial charge >= 0.3 is 0 Å². The van der Waals surface area contributed by atoms with Gasteiger partial charge in [0.1, 0.15) is 0 Å². The van der Waals surface area contributed by atoms with Gasteiger partial charge in [0.05, 0.1) is 6.20 Å². The van der Waals surface area contributed by atoms with E-state index in [0.717, 1.165) is 30.0 Å². The molecule has 0 fully saturated rings. The summed E-state index contributed by atoms with van der Waals surface area (Å²) < 4.78 is 0. The van der Waals surface area contributed by atoms with Crippen LogP contribution in [0.15, 0.2) is 48.9 Å². The Morgan fingerprint density at radius 1 is 1.16 bits per heavy atom. The second-order valence-electron chi connectivity index (χ2n) is 5.75. The maximum atomic E-state index is 6.06. The first-order valence-electron chi connectivity index (χ1n) is 7.95. The lowest BCUT2D eigenvalue weighted by Gasteiger charge is -2.18. The first kappa shape index (κ1) is 17.1. The fourth-order valence-electron chi connectivity index (χ4n) is 2.34. The van der Waals surface area contributed by atoms with E-state index in [0.29, 0.717) is 11.0 Å². The molecule has 128 valence electrons. The van der Waals surface area contributed by atoms with Crippen molar-refractivity contribution in [2.75, 3.05) is 23.8 Å². The number of anilines is 3. The van der Waals surface area contributed by atoms with Crippen LogP contribution in [0.25, 0.3) is 0 Å². The molecule has 0 atom stereocenters. The normalized spacial score (nSPS) is 10.5. The summed E-state index contributed by atoms with van der Waals surface area (Å²) in [5, 5.41) is 11.9. The van der Waals surface area contributed by atoms with Crippen molar-refractivity contribution < 1.29 is 0 Å². The third kappa shape index (κ3) is 4.64. The Morgan fingerprint density at radius 3 is 2.76 bits per heavy atom. The molecule has 0 amide bonds. The van der Waals surface area contributed by atoms with Gasteiger partial charge in [0.15, 0.2) is 5.82 Å². The van der Waals surface area contributed by atoms with E-state index >= 15 is 0 Å². The third-order valence-electron chi connectivity index (χ3n) is 3.87. The molecule has 3 aromatic rings. The topological polar surface area (TPSA) is 66.8 Å². The van der Waals surface area contributed by atoms with Crippen LogP contribution in [0, 0.1) is 6.92 Å². The lowest BCUT2D eigenvalue weighted by atomic mass is 10.2. The van der Waals surface area contributed by atoms with Crippen LogP contribution >= 0.6 is 11.6 Å². The third-order valence-corrected chi connectivity index (χ3v) is 4.10. The summed E-state index contributed by atoms with van der Waals surface area (Å²) in [6.07, 6.45) is 6.16. The molecule has 0 unspecified atom stereocenters. The van der Waals surface area contributed by atoms with E-state index in [1.807, 2.05) is 49.2 Å². The van der Waals surface area contributed by atoms with Crippen molar-refractivity contribution in [2.24, 2.45) is 0 Å². The molecule has 0 aliphatic carbocycles. The Kier molecular flexibility index (Phi) is 5.40. The molecule has 7 heteroatoms. The molecule has 0 radical (unpaired) electrons. The first-order chi connectivity index (χ1) is 12.1. The molecule has 0 bridgehead atoms. The standard InChI is InChI=1S/C18H19ClN6/c1-13-3-4-15(19)11-16(13)22-18-23-17(12-21-24-18)25(2)10-7-14-5-8-20-9-6-14/h3-6,8-9,11-12H,7,10H2,1-2H3,(H,22,23,24). The van der Waals surface area contributed by atoms with Crippen molar-refractivity contribution in [2.45, 2.75) is 13.3 Å². The van der Waals surface area contributed by atoms with Crippen LogP contribution in [0.1, 0.15) is 11.1 Å². The molecule has 6 nitrogen and oxygen atoms in total. The highest BCUT2D eigenvalue weighted by Crippen LogP contribution is 2.23. The van der Waals surface area contributed by atoms with Crippen LogP contribution in [-0.4, -0.2) is 33.8 Å². The molecule has 25 heavy (non-hydrogen) atoms. The van der Waals surface area contributed by atoms with Gasteiger partial charge in [-0.3, -0.25) is 4.98 Å². The maximum Gasteiger partial charge on any atom is 0.249 e. The smallest absolute Gasteiger partial charge is 0.249 e. The van der Waals surface area contributed by atoms with Crippen LogP contribution < -0.4 is 10.2 Å². The largest absolute Gasteiger partial charge is 0.358 e.